The van der Waals surface area contributed by atoms with E-state index in [0.29, 0.717) is 12.1 Å². The smallest absolute Gasteiger partial charge is 0.128 e. The van der Waals surface area contributed by atoms with Gasteiger partial charge in [0.15, 0.2) is 0 Å². The van der Waals surface area contributed by atoms with Crippen molar-refractivity contribution in [1.82, 2.24) is 0 Å². The summed E-state index contributed by atoms with van der Waals surface area (Å²) in [6.07, 6.45) is 0. The van der Waals surface area contributed by atoms with Crippen molar-refractivity contribution in [2.45, 2.75) is 13.5 Å². The Morgan fingerprint density at radius 1 is 1.38 bits per heavy atom. The molecule has 0 saturated carbocycles. The molecule has 1 aromatic carbocycles. The second-order valence-electron chi connectivity index (χ2n) is 3.46. The number of halogens is 2. The molecule has 1 N–H and O–H groups in total. The molecular formula is C12H11BrFNS. The quantitative estimate of drug-likeness (QED) is 0.875. The van der Waals surface area contributed by atoms with E-state index in [4.69, 9.17) is 0 Å². The third-order valence-electron chi connectivity index (χ3n) is 2.40. The molecule has 0 atom stereocenters. The molecule has 84 valence electrons. The molecule has 4 heteroatoms. The van der Waals surface area contributed by atoms with Gasteiger partial charge in [-0.05, 0) is 46.4 Å². The zero-order chi connectivity index (χ0) is 11.5. The minimum atomic E-state index is -0.171. The van der Waals surface area contributed by atoms with Gasteiger partial charge in [0, 0.05) is 20.6 Å². The van der Waals surface area contributed by atoms with E-state index in [1.54, 1.807) is 24.3 Å². The van der Waals surface area contributed by atoms with Crippen LogP contribution < -0.4 is 5.32 Å². The van der Waals surface area contributed by atoms with E-state index in [2.05, 4.69) is 21.2 Å². The maximum absolute atomic E-state index is 13.3. The second kappa shape index (κ2) is 4.97. The van der Waals surface area contributed by atoms with Crippen molar-refractivity contribution in [3.8, 4) is 0 Å². The Morgan fingerprint density at radius 2 is 2.19 bits per heavy atom. The summed E-state index contributed by atoms with van der Waals surface area (Å²) in [5, 5.41) is 5.26. The highest BCUT2D eigenvalue weighted by Crippen LogP contribution is 2.25. The molecule has 0 amide bonds. The van der Waals surface area contributed by atoms with E-state index in [9.17, 15) is 4.39 Å². The van der Waals surface area contributed by atoms with Crippen LogP contribution in [0.4, 0.5) is 10.1 Å². The Bertz CT molecular complexity index is 496. The van der Waals surface area contributed by atoms with Crippen LogP contribution in [0.1, 0.15) is 10.4 Å². The number of anilines is 1. The van der Waals surface area contributed by atoms with Crippen molar-refractivity contribution in [3.05, 3.63) is 50.4 Å². The van der Waals surface area contributed by atoms with Gasteiger partial charge in [0.05, 0.1) is 6.54 Å². The van der Waals surface area contributed by atoms with Gasteiger partial charge in [-0.15, -0.1) is 11.3 Å². The van der Waals surface area contributed by atoms with Crippen LogP contribution in [0.15, 0.2) is 34.1 Å². The van der Waals surface area contributed by atoms with Gasteiger partial charge in [-0.3, -0.25) is 0 Å². The Kier molecular flexibility index (Phi) is 3.61. The van der Waals surface area contributed by atoms with Gasteiger partial charge >= 0.3 is 0 Å². The van der Waals surface area contributed by atoms with Crippen molar-refractivity contribution < 1.29 is 4.39 Å². The molecule has 0 spiro atoms. The van der Waals surface area contributed by atoms with Gasteiger partial charge in [-0.2, -0.15) is 0 Å². The molecule has 0 saturated heterocycles. The van der Waals surface area contributed by atoms with Gasteiger partial charge in [0.1, 0.15) is 5.82 Å². The first kappa shape index (κ1) is 11.6. The summed E-state index contributed by atoms with van der Waals surface area (Å²) in [4.78, 5) is 1.21. The highest BCUT2D eigenvalue weighted by atomic mass is 79.9. The number of nitrogens with one attached hydrogen (secondary N) is 1. The first-order valence-corrected chi connectivity index (χ1v) is 6.56. The highest BCUT2D eigenvalue weighted by molar-refractivity contribution is 9.10. The Labute approximate surface area is 106 Å². The van der Waals surface area contributed by atoms with Gasteiger partial charge in [-0.25, -0.2) is 4.39 Å². The SMILES string of the molecule is Cc1c(F)cccc1NCc1sccc1Br. The zero-order valence-electron chi connectivity index (χ0n) is 8.76. The number of hydrogen-bond acceptors (Lipinski definition) is 2. The average molecular weight is 300 g/mol. The molecular weight excluding hydrogens is 289 g/mol. The number of rotatable bonds is 3. The molecule has 0 radical (unpaired) electrons. The Morgan fingerprint density at radius 3 is 2.88 bits per heavy atom. The van der Waals surface area contributed by atoms with Crippen LogP contribution in [-0.4, -0.2) is 0 Å². The maximum atomic E-state index is 13.3. The van der Waals surface area contributed by atoms with Crippen molar-refractivity contribution >= 4 is 33.0 Å². The molecule has 0 aliphatic carbocycles. The summed E-state index contributed by atoms with van der Waals surface area (Å²) in [5.41, 5.74) is 1.51. The first-order chi connectivity index (χ1) is 7.68. The Hall–Kier alpha value is -0.870. The lowest BCUT2D eigenvalue weighted by Gasteiger charge is -2.09. The predicted molar refractivity (Wildman–Crippen MR) is 70.5 cm³/mol. The summed E-state index contributed by atoms with van der Waals surface area (Å²) in [6, 6.07) is 7.09. The number of thiophene rings is 1. The molecule has 16 heavy (non-hydrogen) atoms. The lowest BCUT2D eigenvalue weighted by atomic mass is 10.2. The number of hydrogen-bond donors (Lipinski definition) is 1. The summed E-state index contributed by atoms with van der Waals surface area (Å²) < 4.78 is 14.4. The fraction of sp³-hybridized carbons (Fsp3) is 0.167. The monoisotopic (exact) mass is 299 g/mol. The van der Waals surface area contributed by atoms with Crippen LogP contribution in [0.3, 0.4) is 0 Å². The molecule has 1 aromatic heterocycles. The molecule has 1 heterocycles. The van der Waals surface area contributed by atoms with E-state index in [-0.39, 0.29) is 5.82 Å². The molecule has 1 nitrogen and oxygen atoms in total. The minimum absolute atomic E-state index is 0.171. The third-order valence-corrected chi connectivity index (χ3v) is 4.32. The normalized spacial score (nSPS) is 10.4. The average Bonchev–Trinajstić information content (AvgIpc) is 2.67. The second-order valence-corrected chi connectivity index (χ2v) is 5.31. The molecule has 0 fully saturated rings. The number of benzene rings is 1. The summed E-state index contributed by atoms with van der Waals surface area (Å²) in [7, 11) is 0. The molecule has 2 aromatic rings. The fourth-order valence-electron chi connectivity index (χ4n) is 1.43. The molecule has 0 aliphatic heterocycles. The van der Waals surface area contributed by atoms with Crippen LogP contribution >= 0.6 is 27.3 Å². The van der Waals surface area contributed by atoms with Crippen molar-refractivity contribution in [2.75, 3.05) is 5.32 Å². The van der Waals surface area contributed by atoms with Crippen LogP contribution in [0.25, 0.3) is 0 Å². The Balaban J connectivity index is 2.11. The van der Waals surface area contributed by atoms with Crippen LogP contribution in [0.5, 0.6) is 0 Å². The third kappa shape index (κ3) is 2.44. The van der Waals surface area contributed by atoms with E-state index in [0.717, 1.165) is 10.2 Å². The first-order valence-electron chi connectivity index (χ1n) is 4.89. The van der Waals surface area contributed by atoms with Crippen molar-refractivity contribution in [2.24, 2.45) is 0 Å². The van der Waals surface area contributed by atoms with Crippen LogP contribution in [0, 0.1) is 12.7 Å². The summed E-state index contributed by atoms with van der Waals surface area (Å²) >= 11 is 5.14. The maximum Gasteiger partial charge on any atom is 0.128 e. The lowest BCUT2D eigenvalue weighted by Crippen LogP contribution is -2.00. The van der Waals surface area contributed by atoms with Crippen molar-refractivity contribution in [1.29, 1.82) is 0 Å². The molecule has 0 unspecified atom stereocenters. The van der Waals surface area contributed by atoms with Gasteiger partial charge < -0.3 is 5.32 Å². The largest absolute Gasteiger partial charge is 0.380 e. The summed E-state index contributed by atoms with van der Waals surface area (Å²) in [5.74, 6) is -0.171. The fourth-order valence-corrected chi connectivity index (χ4v) is 2.86. The summed E-state index contributed by atoms with van der Waals surface area (Å²) in [6.45, 7) is 2.49. The van der Waals surface area contributed by atoms with Gasteiger partial charge in [-0.1, -0.05) is 6.07 Å². The minimum Gasteiger partial charge on any atom is -0.380 e. The molecule has 0 aliphatic rings. The van der Waals surface area contributed by atoms with Crippen LogP contribution in [0.2, 0.25) is 0 Å². The van der Waals surface area contributed by atoms with E-state index >= 15 is 0 Å². The van der Waals surface area contributed by atoms with E-state index < -0.39 is 0 Å². The molecule has 2 rings (SSSR count). The zero-order valence-corrected chi connectivity index (χ0v) is 11.2. The van der Waals surface area contributed by atoms with Crippen LogP contribution in [-0.2, 0) is 6.54 Å². The topological polar surface area (TPSA) is 12.0 Å². The van der Waals surface area contributed by atoms with E-state index in [1.807, 2.05) is 17.5 Å². The predicted octanol–water partition coefficient (Wildman–Crippen LogP) is 4.57. The van der Waals surface area contributed by atoms with Gasteiger partial charge in [0.2, 0.25) is 0 Å². The highest BCUT2D eigenvalue weighted by Gasteiger charge is 2.04. The van der Waals surface area contributed by atoms with Gasteiger partial charge in [0.25, 0.3) is 0 Å². The lowest BCUT2D eigenvalue weighted by molar-refractivity contribution is 0.619. The van der Waals surface area contributed by atoms with E-state index in [1.165, 1.54) is 10.9 Å². The van der Waals surface area contributed by atoms with Crippen molar-refractivity contribution in [3.63, 3.8) is 0 Å². The molecule has 0 bridgehead atoms. The standard InChI is InChI=1S/C12H11BrFNS/c1-8-10(14)3-2-4-11(8)15-7-12-9(13)5-6-16-12/h2-6,15H,7H2,1H3.